The third kappa shape index (κ3) is 6.58. The van der Waals surface area contributed by atoms with Gasteiger partial charge in [-0.3, -0.25) is 9.10 Å². The number of hydrogen-bond donors (Lipinski definition) is 1. The highest BCUT2D eigenvalue weighted by molar-refractivity contribution is 7.92. The minimum Gasteiger partial charge on any atom is -0.484 e. The number of sulfonamides is 1. The molecular formula is C26H30N2O4S. The molecule has 0 aliphatic carbocycles. The highest BCUT2D eigenvalue weighted by atomic mass is 32.2. The van der Waals surface area contributed by atoms with Crippen molar-refractivity contribution in [3.63, 3.8) is 0 Å². The van der Waals surface area contributed by atoms with Gasteiger partial charge in [0.2, 0.25) is 0 Å². The van der Waals surface area contributed by atoms with Gasteiger partial charge < -0.3 is 10.1 Å². The van der Waals surface area contributed by atoms with Gasteiger partial charge >= 0.3 is 0 Å². The van der Waals surface area contributed by atoms with Gasteiger partial charge in [-0.15, -0.1) is 0 Å². The van der Waals surface area contributed by atoms with Crippen molar-refractivity contribution in [1.82, 2.24) is 0 Å². The molecule has 0 heterocycles. The molecule has 0 fully saturated rings. The molecule has 33 heavy (non-hydrogen) atoms. The van der Waals surface area contributed by atoms with Gasteiger partial charge in [0.1, 0.15) is 5.75 Å². The maximum Gasteiger partial charge on any atom is 0.264 e. The number of carbonyl (C=O) groups excluding carboxylic acids is 1. The Morgan fingerprint density at radius 1 is 0.909 bits per heavy atom. The van der Waals surface area contributed by atoms with E-state index in [1.54, 1.807) is 61.5 Å². The standard InChI is InChI=1S/C26H30N2O4S/c1-3-5-9-21-12-14-22(15-13-21)27-26(29)20-32-24-18-16-23(17-19-24)28(4-2)33(30,31)25-10-7-6-8-11-25/h6-8,10-19H,3-5,9,20H2,1-2H3,(H,27,29). The van der Waals surface area contributed by atoms with Crippen molar-refractivity contribution >= 4 is 27.3 Å². The van der Waals surface area contributed by atoms with Crippen LogP contribution < -0.4 is 14.4 Å². The van der Waals surface area contributed by atoms with Crippen LogP contribution in [0.15, 0.2) is 83.8 Å². The molecule has 7 heteroatoms. The Morgan fingerprint density at radius 2 is 1.58 bits per heavy atom. The van der Waals surface area contributed by atoms with Crippen LogP contribution in [0.1, 0.15) is 32.3 Å². The number of nitrogens with zero attached hydrogens (tertiary/aromatic N) is 1. The Balaban J connectivity index is 1.57. The molecule has 0 saturated heterocycles. The zero-order chi connectivity index (χ0) is 23.7. The average Bonchev–Trinajstić information content (AvgIpc) is 2.84. The lowest BCUT2D eigenvalue weighted by Crippen LogP contribution is -2.30. The van der Waals surface area contributed by atoms with Gasteiger partial charge in [-0.05, 0) is 73.9 Å². The number of benzene rings is 3. The van der Waals surface area contributed by atoms with Crippen LogP contribution in [-0.4, -0.2) is 27.5 Å². The SMILES string of the molecule is CCCCc1ccc(NC(=O)COc2ccc(N(CC)S(=O)(=O)c3ccccc3)cc2)cc1. The highest BCUT2D eigenvalue weighted by Crippen LogP contribution is 2.25. The number of nitrogens with one attached hydrogen (secondary N) is 1. The number of unbranched alkanes of at least 4 members (excludes halogenated alkanes) is 1. The fraction of sp³-hybridized carbons (Fsp3) is 0.269. The summed E-state index contributed by atoms with van der Waals surface area (Å²) in [6.07, 6.45) is 3.33. The molecule has 3 aromatic rings. The summed E-state index contributed by atoms with van der Waals surface area (Å²) in [4.78, 5) is 12.5. The van der Waals surface area contributed by atoms with Gasteiger partial charge in [-0.1, -0.05) is 43.7 Å². The van der Waals surface area contributed by atoms with E-state index in [-0.39, 0.29) is 24.0 Å². The second-order valence-electron chi connectivity index (χ2n) is 7.61. The summed E-state index contributed by atoms with van der Waals surface area (Å²) in [5, 5.41) is 2.82. The van der Waals surface area contributed by atoms with Crippen LogP contribution in [0.2, 0.25) is 0 Å². The first kappa shape index (κ1) is 24.3. The van der Waals surface area contributed by atoms with Crippen molar-refractivity contribution in [2.24, 2.45) is 0 Å². The number of anilines is 2. The fourth-order valence-electron chi connectivity index (χ4n) is 3.40. The lowest BCUT2D eigenvalue weighted by atomic mass is 10.1. The van der Waals surface area contributed by atoms with E-state index < -0.39 is 10.0 Å². The minimum atomic E-state index is -3.66. The molecule has 0 radical (unpaired) electrons. The predicted octanol–water partition coefficient (Wildman–Crippen LogP) is 5.26. The van der Waals surface area contributed by atoms with Crippen molar-refractivity contribution in [2.45, 2.75) is 38.0 Å². The Hall–Kier alpha value is -3.32. The van der Waals surface area contributed by atoms with Crippen LogP contribution in [0.5, 0.6) is 5.75 Å². The zero-order valence-corrected chi connectivity index (χ0v) is 19.8. The molecule has 174 valence electrons. The summed E-state index contributed by atoms with van der Waals surface area (Å²) in [6.45, 7) is 4.09. The third-order valence-electron chi connectivity index (χ3n) is 5.17. The molecule has 3 aromatic carbocycles. The van der Waals surface area contributed by atoms with Crippen molar-refractivity contribution in [1.29, 1.82) is 0 Å². The normalized spacial score (nSPS) is 11.1. The van der Waals surface area contributed by atoms with Crippen LogP contribution >= 0.6 is 0 Å². The molecule has 0 saturated carbocycles. The van der Waals surface area contributed by atoms with Crippen LogP contribution in [0.4, 0.5) is 11.4 Å². The summed E-state index contributed by atoms with van der Waals surface area (Å²) in [6, 6.07) is 22.8. The first-order valence-electron chi connectivity index (χ1n) is 11.1. The van der Waals surface area contributed by atoms with Gasteiger partial charge in [0.15, 0.2) is 6.61 Å². The Morgan fingerprint density at radius 3 is 2.18 bits per heavy atom. The molecule has 0 atom stereocenters. The Bertz CT molecular complexity index is 1130. The van der Waals surface area contributed by atoms with Crippen molar-refractivity contribution in [3.05, 3.63) is 84.4 Å². The van der Waals surface area contributed by atoms with E-state index in [4.69, 9.17) is 4.74 Å². The molecule has 0 unspecified atom stereocenters. The lowest BCUT2D eigenvalue weighted by Gasteiger charge is -2.23. The molecule has 0 aliphatic rings. The van der Waals surface area contributed by atoms with E-state index in [0.29, 0.717) is 11.4 Å². The number of hydrogen-bond acceptors (Lipinski definition) is 4. The molecule has 0 aromatic heterocycles. The van der Waals surface area contributed by atoms with Crippen LogP contribution in [0.25, 0.3) is 0 Å². The maximum absolute atomic E-state index is 13.0. The van der Waals surface area contributed by atoms with Gasteiger partial charge in [-0.25, -0.2) is 8.42 Å². The fourth-order valence-corrected chi connectivity index (χ4v) is 4.90. The van der Waals surface area contributed by atoms with E-state index in [1.807, 2.05) is 24.3 Å². The summed E-state index contributed by atoms with van der Waals surface area (Å²) in [5.74, 6) is 0.221. The minimum absolute atomic E-state index is 0.142. The van der Waals surface area contributed by atoms with Gasteiger partial charge in [0.25, 0.3) is 15.9 Å². The summed E-state index contributed by atoms with van der Waals surface area (Å²) in [7, 11) is -3.66. The lowest BCUT2D eigenvalue weighted by molar-refractivity contribution is -0.118. The summed E-state index contributed by atoms with van der Waals surface area (Å²) in [5.41, 5.74) is 2.51. The maximum atomic E-state index is 13.0. The van der Waals surface area contributed by atoms with Crippen molar-refractivity contribution in [2.75, 3.05) is 22.8 Å². The monoisotopic (exact) mass is 466 g/mol. The van der Waals surface area contributed by atoms with E-state index in [9.17, 15) is 13.2 Å². The van der Waals surface area contributed by atoms with E-state index in [2.05, 4.69) is 12.2 Å². The topological polar surface area (TPSA) is 75.7 Å². The number of rotatable bonds is 11. The molecule has 0 aliphatic heterocycles. The van der Waals surface area contributed by atoms with Crippen LogP contribution in [0.3, 0.4) is 0 Å². The smallest absolute Gasteiger partial charge is 0.264 e. The molecule has 0 spiro atoms. The summed E-state index contributed by atoms with van der Waals surface area (Å²) >= 11 is 0. The molecule has 1 N–H and O–H groups in total. The first-order valence-corrected chi connectivity index (χ1v) is 12.6. The zero-order valence-electron chi connectivity index (χ0n) is 19.0. The number of aryl methyl sites for hydroxylation is 1. The number of amides is 1. The summed E-state index contributed by atoms with van der Waals surface area (Å²) < 4.78 is 32.8. The largest absolute Gasteiger partial charge is 0.484 e. The van der Waals surface area contributed by atoms with Gasteiger partial charge in [0, 0.05) is 12.2 Å². The second kappa shape index (κ2) is 11.5. The molecule has 0 bridgehead atoms. The van der Waals surface area contributed by atoms with E-state index in [0.717, 1.165) is 24.9 Å². The second-order valence-corrected chi connectivity index (χ2v) is 9.48. The predicted molar refractivity (Wildman–Crippen MR) is 132 cm³/mol. The van der Waals surface area contributed by atoms with Crippen molar-refractivity contribution in [3.8, 4) is 5.75 Å². The van der Waals surface area contributed by atoms with Crippen LogP contribution in [-0.2, 0) is 21.2 Å². The third-order valence-corrected chi connectivity index (χ3v) is 7.09. The van der Waals surface area contributed by atoms with E-state index in [1.165, 1.54) is 9.87 Å². The molecular weight excluding hydrogens is 436 g/mol. The highest BCUT2D eigenvalue weighted by Gasteiger charge is 2.23. The Kier molecular flexibility index (Phi) is 8.49. The molecule has 1 amide bonds. The molecule has 6 nitrogen and oxygen atoms in total. The quantitative estimate of drug-likeness (QED) is 0.418. The average molecular weight is 467 g/mol. The first-order chi connectivity index (χ1) is 15.9. The van der Waals surface area contributed by atoms with Gasteiger partial charge in [0.05, 0.1) is 10.6 Å². The van der Waals surface area contributed by atoms with E-state index >= 15 is 0 Å². The number of carbonyl (C=O) groups is 1. The van der Waals surface area contributed by atoms with Crippen LogP contribution in [0, 0.1) is 0 Å². The molecule has 3 rings (SSSR count). The van der Waals surface area contributed by atoms with Gasteiger partial charge in [-0.2, -0.15) is 0 Å². The number of ether oxygens (including phenoxy) is 1. The Labute approximate surface area is 196 Å². The van der Waals surface area contributed by atoms with Crippen molar-refractivity contribution < 1.29 is 17.9 Å².